The van der Waals surface area contributed by atoms with Gasteiger partial charge in [-0.2, -0.15) is 0 Å². The van der Waals surface area contributed by atoms with Crippen molar-refractivity contribution in [3.05, 3.63) is 39.4 Å². The zero-order valence-corrected chi connectivity index (χ0v) is 15.7. The molecule has 1 aliphatic rings. The number of amides is 2. The normalized spacial score (nSPS) is 17.2. The Hall–Kier alpha value is -2.03. The van der Waals surface area contributed by atoms with Crippen LogP contribution in [0.3, 0.4) is 0 Å². The van der Waals surface area contributed by atoms with Crippen molar-refractivity contribution in [2.45, 2.75) is 19.3 Å². The Morgan fingerprint density at radius 2 is 2.27 bits per heavy atom. The van der Waals surface area contributed by atoms with Crippen LogP contribution in [0.2, 0.25) is 5.02 Å². The molecule has 1 aliphatic heterocycles. The van der Waals surface area contributed by atoms with Crippen molar-refractivity contribution in [2.75, 3.05) is 25.0 Å². The first-order chi connectivity index (χ1) is 12.6. The van der Waals surface area contributed by atoms with E-state index in [4.69, 9.17) is 17.3 Å². The Bertz CT molecular complexity index is 780. The summed E-state index contributed by atoms with van der Waals surface area (Å²) in [6.45, 7) is 1.51. The van der Waals surface area contributed by atoms with Crippen molar-refractivity contribution in [2.24, 2.45) is 11.7 Å². The average Bonchev–Trinajstić information content (AvgIpc) is 3.12. The Balaban J connectivity index is 1.61. The van der Waals surface area contributed by atoms with E-state index in [1.54, 1.807) is 22.4 Å². The van der Waals surface area contributed by atoms with Gasteiger partial charge in [0.15, 0.2) is 0 Å². The summed E-state index contributed by atoms with van der Waals surface area (Å²) in [6, 6.07) is 3.32. The molecular formula is C17H20ClN5O2S. The molecule has 26 heavy (non-hydrogen) atoms. The zero-order chi connectivity index (χ0) is 18.5. The van der Waals surface area contributed by atoms with Crippen molar-refractivity contribution in [3.8, 4) is 0 Å². The van der Waals surface area contributed by atoms with Gasteiger partial charge >= 0.3 is 0 Å². The number of hydrogen-bond donors (Lipinski definition) is 2. The minimum absolute atomic E-state index is 0.133. The van der Waals surface area contributed by atoms with Crippen molar-refractivity contribution in [1.82, 2.24) is 14.9 Å². The Kier molecular flexibility index (Phi) is 6.18. The molecule has 0 bridgehead atoms. The smallest absolute Gasteiger partial charge is 0.273 e. The first kappa shape index (κ1) is 18.8. The predicted octanol–water partition coefficient (Wildman–Crippen LogP) is 2.18. The van der Waals surface area contributed by atoms with Gasteiger partial charge in [-0.1, -0.05) is 11.6 Å². The molecule has 9 heteroatoms. The first-order valence-electron chi connectivity index (χ1n) is 8.43. The predicted molar refractivity (Wildman–Crippen MR) is 101 cm³/mol. The summed E-state index contributed by atoms with van der Waals surface area (Å²) in [7, 11) is 0. The number of pyridine rings is 1. The minimum atomic E-state index is -0.271. The van der Waals surface area contributed by atoms with E-state index in [-0.39, 0.29) is 17.7 Å². The third-order valence-electron chi connectivity index (χ3n) is 4.19. The maximum atomic E-state index is 12.7. The highest BCUT2D eigenvalue weighted by molar-refractivity contribution is 7.09. The maximum Gasteiger partial charge on any atom is 0.273 e. The lowest BCUT2D eigenvalue weighted by atomic mass is 9.97. The van der Waals surface area contributed by atoms with Crippen LogP contribution in [0.1, 0.15) is 28.3 Å². The lowest BCUT2D eigenvalue weighted by Gasteiger charge is -2.31. The standard InChI is InChI=1S/C17H20ClN5O2S/c18-12-3-4-14(20-8-12)22-16(24)11-2-1-7-23(9-11)17(25)13-10-26-15(21-13)5-6-19/h3-4,8,10-11H,1-2,5-7,9,19H2,(H,20,22,24). The number of nitrogens with two attached hydrogens (primary N) is 1. The van der Waals surface area contributed by atoms with Gasteiger partial charge in [-0.15, -0.1) is 11.3 Å². The second-order valence-corrected chi connectivity index (χ2v) is 7.49. The molecule has 3 N–H and O–H groups in total. The molecule has 3 heterocycles. The fourth-order valence-electron chi connectivity index (χ4n) is 2.86. The van der Waals surface area contributed by atoms with Crippen LogP contribution in [0.15, 0.2) is 23.7 Å². The van der Waals surface area contributed by atoms with Gasteiger partial charge in [0.1, 0.15) is 11.5 Å². The molecule has 2 aromatic heterocycles. The van der Waals surface area contributed by atoms with E-state index in [1.807, 2.05) is 0 Å². The van der Waals surface area contributed by atoms with Crippen LogP contribution in [0.5, 0.6) is 0 Å². The number of carbonyl (C=O) groups excluding carboxylic acids is 2. The zero-order valence-electron chi connectivity index (χ0n) is 14.2. The molecule has 7 nitrogen and oxygen atoms in total. The van der Waals surface area contributed by atoms with E-state index in [2.05, 4.69) is 15.3 Å². The van der Waals surface area contributed by atoms with E-state index in [1.165, 1.54) is 17.5 Å². The van der Waals surface area contributed by atoms with Crippen molar-refractivity contribution >= 4 is 40.6 Å². The van der Waals surface area contributed by atoms with Gasteiger partial charge in [-0.25, -0.2) is 9.97 Å². The first-order valence-corrected chi connectivity index (χ1v) is 9.68. The fourth-order valence-corrected chi connectivity index (χ4v) is 3.76. The molecule has 2 aromatic rings. The van der Waals surface area contributed by atoms with Gasteiger partial charge in [0, 0.05) is 31.1 Å². The molecule has 1 atom stereocenters. The fraction of sp³-hybridized carbons (Fsp3) is 0.412. The summed E-state index contributed by atoms with van der Waals surface area (Å²) in [4.78, 5) is 35.3. The number of nitrogens with zero attached hydrogens (tertiary/aromatic N) is 3. The molecule has 0 aliphatic carbocycles. The topological polar surface area (TPSA) is 101 Å². The van der Waals surface area contributed by atoms with Crippen LogP contribution < -0.4 is 11.1 Å². The highest BCUT2D eigenvalue weighted by Gasteiger charge is 2.30. The van der Waals surface area contributed by atoms with Gasteiger partial charge in [0.05, 0.1) is 15.9 Å². The molecule has 0 radical (unpaired) electrons. The summed E-state index contributed by atoms with van der Waals surface area (Å²) < 4.78 is 0. The molecule has 2 amide bonds. The van der Waals surface area contributed by atoms with Crippen LogP contribution in [-0.2, 0) is 11.2 Å². The SMILES string of the molecule is NCCc1nc(C(=O)N2CCCC(C(=O)Nc3ccc(Cl)cn3)C2)cs1. The molecule has 138 valence electrons. The second-order valence-electron chi connectivity index (χ2n) is 6.11. The molecule has 0 saturated carbocycles. The third-order valence-corrected chi connectivity index (χ3v) is 5.32. The Morgan fingerprint density at radius 3 is 3.00 bits per heavy atom. The lowest BCUT2D eigenvalue weighted by molar-refractivity contribution is -0.121. The summed E-state index contributed by atoms with van der Waals surface area (Å²) in [5.74, 6) is -0.0906. The van der Waals surface area contributed by atoms with E-state index in [0.29, 0.717) is 42.6 Å². The summed E-state index contributed by atoms with van der Waals surface area (Å²) in [5, 5.41) is 5.91. The summed E-state index contributed by atoms with van der Waals surface area (Å²) in [6.07, 6.45) is 3.66. The number of nitrogens with one attached hydrogen (secondary N) is 1. The van der Waals surface area contributed by atoms with Gasteiger partial charge in [-0.3, -0.25) is 9.59 Å². The van der Waals surface area contributed by atoms with E-state index in [0.717, 1.165) is 17.8 Å². The molecule has 0 aromatic carbocycles. The Labute approximate surface area is 160 Å². The van der Waals surface area contributed by atoms with Gasteiger partial charge < -0.3 is 16.0 Å². The number of anilines is 1. The van der Waals surface area contributed by atoms with Crippen LogP contribution >= 0.6 is 22.9 Å². The number of aromatic nitrogens is 2. The minimum Gasteiger partial charge on any atom is -0.336 e. The third kappa shape index (κ3) is 4.57. The molecule has 0 spiro atoms. The largest absolute Gasteiger partial charge is 0.336 e. The Morgan fingerprint density at radius 1 is 1.42 bits per heavy atom. The number of piperidine rings is 1. The lowest BCUT2D eigenvalue weighted by Crippen LogP contribution is -2.44. The van der Waals surface area contributed by atoms with E-state index < -0.39 is 0 Å². The molecule has 3 rings (SSSR count). The quantitative estimate of drug-likeness (QED) is 0.810. The summed E-state index contributed by atoms with van der Waals surface area (Å²) in [5.41, 5.74) is 5.96. The number of halogens is 1. The van der Waals surface area contributed by atoms with Crippen molar-refractivity contribution in [1.29, 1.82) is 0 Å². The van der Waals surface area contributed by atoms with E-state index in [9.17, 15) is 9.59 Å². The number of rotatable bonds is 5. The maximum absolute atomic E-state index is 12.7. The van der Waals surface area contributed by atoms with Crippen LogP contribution in [0, 0.1) is 5.92 Å². The monoisotopic (exact) mass is 393 g/mol. The number of thiazole rings is 1. The van der Waals surface area contributed by atoms with Gasteiger partial charge in [0.2, 0.25) is 5.91 Å². The van der Waals surface area contributed by atoms with Crippen molar-refractivity contribution < 1.29 is 9.59 Å². The highest BCUT2D eigenvalue weighted by Crippen LogP contribution is 2.21. The van der Waals surface area contributed by atoms with Gasteiger partial charge in [0.25, 0.3) is 5.91 Å². The number of likely N-dealkylation sites (tertiary alicyclic amines) is 1. The average molecular weight is 394 g/mol. The van der Waals surface area contributed by atoms with E-state index >= 15 is 0 Å². The molecule has 1 unspecified atom stereocenters. The van der Waals surface area contributed by atoms with Crippen molar-refractivity contribution in [3.63, 3.8) is 0 Å². The molecular weight excluding hydrogens is 374 g/mol. The highest BCUT2D eigenvalue weighted by atomic mass is 35.5. The number of hydrogen-bond acceptors (Lipinski definition) is 6. The number of carbonyl (C=O) groups is 2. The summed E-state index contributed by atoms with van der Waals surface area (Å²) >= 11 is 7.24. The molecule has 1 fully saturated rings. The van der Waals surface area contributed by atoms with Crippen LogP contribution in [0.4, 0.5) is 5.82 Å². The second kappa shape index (κ2) is 8.57. The molecule has 1 saturated heterocycles. The van der Waals surface area contributed by atoms with Crippen LogP contribution in [-0.4, -0.2) is 46.3 Å². The van der Waals surface area contributed by atoms with Gasteiger partial charge in [-0.05, 0) is 31.5 Å². The van der Waals surface area contributed by atoms with Crippen LogP contribution in [0.25, 0.3) is 0 Å².